The Bertz CT molecular complexity index is 445. The Kier molecular flexibility index (Phi) is 3.20. The van der Waals surface area contributed by atoms with E-state index in [1.807, 2.05) is 43.3 Å². The maximum Gasteiger partial charge on any atom is 0.171 e. The van der Waals surface area contributed by atoms with Crippen LogP contribution < -0.4 is 0 Å². The second-order valence-electron chi connectivity index (χ2n) is 3.84. The van der Waals surface area contributed by atoms with Gasteiger partial charge in [-0.05, 0) is 18.1 Å². The van der Waals surface area contributed by atoms with Crippen molar-refractivity contribution in [3.8, 4) is 0 Å². The number of aromatic nitrogens is 1. The topological polar surface area (TPSA) is 32.9 Å². The third-order valence-electron chi connectivity index (χ3n) is 2.81. The highest BCUT2D eigenvalue weighted by Crippen LogP contribution is 2.23. The number of carbonyl (C=O) groups is 1. The van der Waals surface area contributed by atoms with Crippen LogP contribution in [0.15, 0.2) is 48.8 Å². The third kappa shape index (κ3) is 2.06. The molecule has 2 nitrogen and oxygen atoms in total. The average Bonchev–Trinajstić information content (AvgIpc) is 2.85. The van der Waals surface area contributed by atoms with E-state index in [-0.39, 0.29) is 11.7 Å². The lowest BCUT2D eigenvalue weighted by Crippen LogP contribution is -2.11. The molecular weight excluding hydrogens is 198 g/mol. The van der Waals surface area contributed by atoms with Gasteiger partial charge in [0.25, 0.3) is 0 Å². The summed E-state index contributed by atoms with van der Waals surface area (Å²) >= 11 is 0. The van der Waals surface area contributed by atoms with Gasteiger partial charge in [0.15, 0.2) is 5.78 Å². The van der Waals surface area contributed by atoms with Crippen molar-refractivity contribution in [1.29, 1.82) is 0 Å². The van der Waals surface area contributed by atoms with E-state index in [0.717, 1.165) is 17.5 Å². The number of benzene rings is 1. The first-order chi connectivity index (χ1) is 7.83. The van der Waals surface area contributed by atoms with Gasteiger partial charge < -0.3 is 4.98 Å². The summed E-state index contributed by atoms with van der Waals surface area (Å²) in [6, 6.07) is 11.8. The number of hydrogen-bond donors (Lipinski definition) is 1. The summed E-state index contributed by atoms with van der Waals surface area (Å²) in [5.74, 6) is 0.159. The standard InChI is InChI=1S/C14H15NO/c1-2-13(11-6-4-3-5-7-11)14(16)12-8-9-15-10-12/h3-10,13,15H,2H2,1H3. The molecule has 0 aliphatic rings. The molecule has 2 heteroatoms. The van der Waals surface area contributed by atoms with Crippen molar-refractivity contribution in [3.05, 3.63) is 59.9 Å². The third-order valence-corrected chi connectivity index (χ3v) is 2.81. The van der Waals surface area contributed by atoms with Gasteiger partial charge in [0.2, 0.25) is 0 Å². The molecule has 1 aromatic heterocycles. The SMILES string of the molecule is CCC(C(=O)c1cc[nH]c1)c1ccccc1. The highest BCUT2D eigenvalue weighted by atomic mass is 16.1. The van der Waals surface area contributed by atoms with E-state index in [4.69, 9.17) is 0 Å². The fourth-order valence-electron chi connectivity index (χ4n) is 1.94. The van der Waals surface area contributed by atoms with Gasteiger partial charge in [0, 0.05) is 23.9 Å². The molecule has 0 spiro atoms. The summed E-state index contributed by atoms with van der Waals surface area (Å²) in [6.07, 6.45) is 4.37. The molecule has 2 aromatic rings. The molecule has 0 fully saturated rings. The minimum atomic E-state index is -0.0306. The van der Waals surface area contributed by atoms with Crippen LogP contribution in [0, 0.1) is 0 Å². The van der Waals surface area contributed by atoms with Crippen LogP contribution in [0.5, 0.6) is 0 Å². The molecule has 2 rings (SSSR count). The fourth-order valence-corrected chi connectivity index (χ4v) is 1.94. The quantitative estimate of drug-likeness (QED) is 0.776. The Morgan fingerprint density at radius 1 is 1.25 bits per heavy atom. The Morgan fingerprint density at radius 2 is 2.00 bits per heavy atom. The molecule has 0 saturated carbocycles. The molecule has 16 heavy (non-hydrogen) atoms. The van der Waals surface area contributed by atoms with Gasteiger partial charge in [-0.25, -0.2) is 0 Å². The normalized spacial score (nSPS) is 12.3. The second kappa shape index (κ2) is 4.79. The van der Waals surface area contributed by atoms with Crippen LogP contribution in [-0.2, 0) is 0 Å². The van der Waals surface area contributed by atoms with Crippen LogP contribution in [0.4, 0.5) is 0 Å². The predicted octanol–water partition coefficient (Wildman–Crippen LogP) is 3.39. The molecule has 1 N–H and O–H groups in total. The Hall–Kier alpha value is -1.83. The molecule has 1 atom stereocenters. The van der Waals surface area contributed by atoms with E-state index in [9.17, 15) is 4.79 Å². The van der Waals surface area contributed by atoms with Crippen molar-refractivity contribution < 1.29 is 4.79 Å². The maximum absolute atomic E-state index is 12.2. The smallest absolute Gasteiger partial charge is 0.171 e. The summed E-state index contributed by atoms with van der Waals surface area (Å²) in [7, 11) is 0. The lowest BCUT2D eigenvalue weighted by Gasteiger charge is -2.12. The monoisotopic (exact) mass is 213 g/mol. The van der Waals surface area contributed by atoms with Crippen molar-refractivity contribution in [2.24, 2.45) is 0 Å². The number of H-pyrrole nitrogens is 1. The number of carbonyl (C=O) groups excluding carboxylic acids is 1. The first kappa shape index (κ1) is 10.7. The zero-order valence-corrected chi connectivity index (χ0v) is 9.31. The first-order valence-corrected chi connectivity index (χ1v) is 5.55. The van der Waals surface area contributed by atoms with Gasteiger partial charge >= 0.3 is 0 Å². The molecule has 0 radical (unpaired) electrons. The molecule has 0 aliphatic heterocycles. The molecule has 1 heterocycles. The van der Waals surface area contributed by atoms with E-state index in [1.54, 1.807) is 12.4 Å². The van der Waals surface area contributed by atoms with Gasteiger partial charge in [-0.15, -0.1) is 0 Å². The fraction of sp³-hybridized carbons (Fsp3) is 0.214. The van der Waals surface area contributed by atoms with Crippen molar-refractivity contribution in [2.75, 3.05) is 0 Å². The van der Waals surface area contributed by atoms with Gasteiger partial charge in [-0.2, -0.15) is 0 Å². The van der Waals surface area contributed by atoms with Gasteiger partial charge in [-0.3, -0.25) is 4.79 Å². The number of rotatable bonds is 4. The molecule has 0 saturated heterocycles. The average molecular weight is 213 g/mol. The van der Waals surface area contributed by atoms with Crippen LogP contribution in [0.1, 0.15) is 35.2 Å². The minimum Gasteiger partial charge on any atom is -0.367 e. The number of Topliss-reactive ketones (excluding diaryl/α,β-unsaturated/α-hetero) is 1. The summed E-state index contributed by atoms with van der Waals surface area (Å²) in [5.41, 5.74) is 1.85. The van der Waals surface area contributed by atoms with E-state index < -0.39 is 0 Å². The van der Waals surface area contributed by atoms with Crippen LogP contribution in [0.25, 0.3) is 0 Å². The molecule has 0 aliphatic carbocycles. The lowest BCUT2D eigenvalue weighted by molar-refractivity contribution is 0.0957. The number of nitrogens with one attached hydrogen (secondary N) is 1. The number of hydrogen-bond acceptors (Lipinski definition) is 1. The molecule has 1 aromatic carbocycles. The van der Waals surface area contributed by atoms with Crippen LogP contribution in [0.2, 0.25) is 0 Å². The molecule has 1 unspecified atom stereocenters. The van der Waals surface area contributed by atoms with Crippen molar-refractivity contribution in [2.45, 2.75) is 19.3 Å². The zero-order chi connectivity index (χ0) is 11.4. The lowest BCUT2D eigenvalue weighted by atomic mass is 9.90. The largest absolute Gasteiger partial charge is 0.367 e. The van der Waals surface area contributed by atoms with Gasteiger partial charge in [0.1, 0.15) is 0 Å². The van der Waals surface area contributed by atoms with Crippen molar-refractivity contribution in [3.63, 3.8) is 0 Å². The van der Waals surface area contributed by atoms with Crippen molar-refractivity contribution in [1.82, 2.24) is 4.98 Å². The van der Waals surface area contributed by atoms with E-state index in [2.05, 4.69) is 4.98 Å². The van der Waals surface area contributed by atoms with Crippen LogP contribution in [-0.4, -0.2) is 10.8 Å². The Labute approximate surface area is 95.3 Å². The zero-order valence-electron chi connectivity index (χ0n) is 9.31. The van der Waals surface area contributed by atoms with E-state index in [0.29, 0.717) is 0 Å². The van der Waals surface area contributed by atoms with E-state index in [1.165, 1.54) is 0 Å². The van der Waals surface area contributed by atoms with Gasteiger partial charge in [-0.1, -0.05) is 37.3 Å². The minimum absolute atomic E-state index is 0.0306. The summed E-state index contributed by atoms with van der Waals surface area (Å²) in [5, 5.41) is 0. The Morgan fingerprint density at radius 3 is 2.56 bits per heavy atom. The summed E-state index contributed by atoms with van der Waals surface area (Å²) < 4.78 is 0. The second-order valence-corrected chi connectivity index (χ2v) is 3.84. The van der Waals surface area contributed by atoms with Crippen molar-refractivity contribution >= 4 is 5.78 Å². The van der Waals surface area contributed by atoms with Gasteiger partial charge in [0.05, 0.1) is 0 Å². The molecular formula is C14H15NO. The summed E-state index contributed by atoms with van der Waals surface area (Å²) in [4.78, 5) is 15.1. The highest BCUT2D eigenvalue weighted by Gasteiger charge is 2.19. The summed E-state index contributed by atoms with van der Waals surface area (Å²) in [6.45, 7) is 2.04. The predicted molar refractivity (Wildman–Crippen MR) is 64.6 cm³/mol. The van der Waals surface area contributed by atoms with E-state index >= 15 is 0 Å². The van der Waals surface area contributed by atoms with Crippen LogP contribution in [0.3, 0.4) is 0 Å². The first-order valence-electron chi connectivity index (χ1n) is 5.55. The number of aromatic amines is 1. The highest BCUT2D eigenvalue weighted by molar-refractivity contribution is 6.00. The van der Waals surface area contributed by atoms with Crippen LogP contribution >= 0.6 is 0 Å². The molecule has 0 amide bonds. The molecule has 82 valence electrons. The molecule has 0 bridgehead atoms. The maximum atomic E-state index is 12.2. The Balaban J connectivity index is 2.27. The number of ketones is 1.